The molecule has 1 atom stereocenters. The number of nitrogens with zero attached hydrogens (tertiary/aromatic N) is 2. The minimum absolute atomic E-state index is 0.0779. The predicted molar refractivity (Wildman–Crippen MR) is 103 cm³/mol. The summed E-state index contributed by atoms with van der Waals surface area (Å²) in [5, 5.41) is 3.18. The number of hydrogen-bond donors (Lipinski definition) is 1. The molecule has 0 bridgehead atoms. The van der Waals surface area contributed by atoms with Gasteiger partial charge in [0.25, 0.3) is 5.91 Å². The van der Waals surface area contributed by atoms with Gasteiger partial charge < -0.3 is 15.0 Å². The number of nitrogens with one attached hydrogen (secondary N) is 1. The Morgan fingerprint density at radius 1 is 1.27 bits per heavy atom. The summed E-state index contributed by atoms with van der Waals surface area (Å²) in [6.45, 7) is 7.55. The van der Waals surface area contributed by atoms with Crippen molar-refractivity contribution in [3.8, 4) is 0 Å². The van der Waals surface area contributed by atoms with Crippen LogP contribution in [-0.4, -0.2) is 55.7 Å². The Balaban J connectivity index is 1.34. The molecule has 1 aliphatic carbocycles. The second-order valence-electron chi connectivity index (χ2n) is 7.88. The van der Waals surface area contributed by atoms with Crippen LogP contribution in [0.5, 0.6) is 0 Å². The van der Waals surface area contributed by atoms with E-state index in [1.54, 1.807) is 0 Å². The average molecular weight is 357 g/mol. The lowest BCUT2D eigenvalue weighted by Crippen LogP contribution is -2.51. The molecule has 142 valence electrons. The first-order valence-corrected chi connectivity index (χ1v) is 10.2. The van der Waals surface area contributed by atoms with Gasteiger partial charge in [-0.3, -0.25) is 9.69 Å². The zero-order chi connectivity index (χ0) is 17.9. The summed E-state index contributed by atoms with van der Waals surface area (Å²) in [6.07, 6.45) is 5.52. The van der Waals surface area contributed by atoms with Crippen LogP contribution in [0.2, 0.25) is 0 Å². The van der Waals surface area contributed by atoms with E-state index in [0.717, 1.165) is 45.4 Å². The molecule has 1 saturated carbocycles. The summed E-state index contributed by atoms with van der Waals surface area (Å²) in [7, 11) is 0. The van der Waals surface area contributed by atoms with Crippen molar-refractivity contribution < 1.29 is 9.53 Å². The number of carbonyl (C=O) groups is 1. The molecule has 1 amide bonds. The van der Waals surface area contributed by atoms with Crippen LogP contribution in [0.25, 0.3) is 0 Å². The van der Waals surface area contributed by atoms with Gasteiger partial charge in [0.1, 0.15) is 6.10 Å². The van der Waals surface area contributed by atoms with Crippen LogP contribution < -0.4 is 10.2 Å². The van der Waals surface area contributed by atoms with Crippen LogP contribution in [-0.2, 0) is 22.5 Å². The summed E-state index contributed by atoms with van der Waals surface area (Å²) in [5.74, 6) is 0.0779. The van der Waals surface area contributed by atoms with E-state index in [4.69, 9.17) is 4.74 Å². The van der Waals surface area contributed by atoms with E-state index in [9.17, 15) is 4.79 Å². The molecule has 1 N–H and O–H groups in total. The van der Waals surface area contributed by atoms with E-state index in [1.165, 1.54) is 29.7 Å². The second kappa shape index (κ2) is 7.97. The second-order valence-corrected chi connectivity index (χ2v) is 7.88. The van der Waals surface area contributed by atoms with Crippen molar-refractivity contribution in [3.05, 3.63) is 29.3 Å². The quantitative estimate of drug-likeness (QED) is 0.878. The molecule has 0 unspecified atom stereocenters. The van der Waals surface area contributed by atoms with Gasteiger partial charge in [0.05, 0.1) is 6.61 Å². The van der Waals surface area contributed by atoms with Crippen molar-refractivity contribution in [2.75, 3.05) is 37.7 Å². The minimum atomic E-state index is -0.325. The zero-order valence-corrected chi connectivity index (χ0v) is 15.9. The number of hydrogen-bond acceptors (Lipinski definition) is 4. The maximum absolute atomic E-state index is 12.5. The molecule has 5 heteroatoms. The highest BCUT2D eigenvalue weighted by atomic mass is 16.5. The van der Waals surface area contributed by atoms with Crippen molar-refractivity contribution in [2.24, 2.45) is 0 Å². The van der Waals surface area contributed by atoms with Gasteiger partial charge in [-0.25, -0.2) is 0 Å². The highest BCUT2D eigenvalue weighted by molar-refractivity contribution is 5.81. The molecule has 0 aromatic heterocycles. The minimum Gasteiger partial charge on any atom is -0.371 e. The molecule has 0 spiro atoms. The molecule has 2 heterocycles. The third kappa shape index (κ3) is 3.89. The van der Waals surface area contributed by atoms with E-state index in [1.807, 2.05) is 0 Å². The molecule has 4 rings (SSSR count). The van der Waals surface area contributed by atoms with Crippen molar-refractivity contribution in [2.45, 2.75) is 57.7 Å². The first-order valence-electron chi connectivity index (χ1n) is 10.2. The van der Waals surface area contributed by atoms with Crippen molar-refractivity contribution in [3.63, 3.8) is 0 Å². The Morgan fingerprint density at radius 3 is 2.92 bits per heavy atom. The fraction of sp³-hybridized carbons (Fsp3) is 0.667. The molecule has 1 aromatic carbocycles. The monoisotopic (exact) mass is 357 g/mol. The van der Waals surface area contributed by atoms with Crippen LogP contribution in [0.1, 0.15) is 43.7 Å². The van der Waals surface area contributed by atoms with Gasteiger partial charge >= 0.3 is 0 Å². The number of likely N-dealkylation sites (N-methyl/N-ethyl adjacent to an activating group) is 1. The van der Waals surface area contributed by atoms with Crippen molar-refractivity contribution in [1.29, 1.82) is 0 Å². The molecule has 5 nitrogen and oxygen atoms in total. The lowest BCUT2D eigenvalue weighted by Gasteiger charge is -2.32. The molecule has 1 saturated heterocycles. The number of fused-ring (bicyclic) bond motifs is 1. The fourth-order valence-electron chi connectivity index (χ4n) is 4.58. The van der Waals surface area contributed by atoms with Gasteiger partial charge in [-0.15, -0.1) is 0 Å². The summed E-state index contributed by atoms with van der Waals surface area (Å²) in [5.41, 5.74) is 4.21. The third-order valence-electron chi connectivity index (χ3n) is 6.07. The number of carbonyl (C=O) groups excluding carboxylic acids is 1. The SMILES string of the molecule is CCN1CCc2cc(CN3CCO[C@@H](C(=O)NC4CCCC4)C3)ccc21. The average Bonchev–Trinajstić information content (AvgIpc) is 3.31. The Kier molecular flexibility index (Phi) is 5.46. The number of benzene rings is 1. The molecule has 3 aliphatic rings. The first kappa shape index (κ1) is 17.8. The standard InChI is InChI=1S/C21H31N3O2/c1-2-24-10-9-17-13-16(7-8-19(17)24)14-23-11-12-26-20(15-23)21(25)22-18-5-3-4-6-18/h7-8,13,18,20H,2-6,9-12,14-15H2,1H3,(H,22,25)/t20-/m1/s1. The fourth-order valence-corrected chi connectivity index (χ4v) is 4.58. The Bertz CT molecular complexity index is 642. The largest absolute Gasteiger partial charge is 0.371 e. The van der Waals surface area contributed by atoms with E-state index < -0.39 is 0 Å². The van der Waals surface area contributed by atoms with Gasteiger partial charge in [0.15, 0.2) is 0 Å². The molecule has 0 radical (unpaired) electrons. The third-order valence-corrected chi connectivity index (χ3v) is 6.07. The predicted octanol–water partition coefficient (Wildman–Crippen LogP) is 2.33. The molecular formula is C21H31N3O2. The van der Waals surface area contributed by atoms with E-state index >= 15 is 0 Å². The number of rotatable bonds is 5. The van der Waals surface area contributed by atoms with Gasteiger partial charge in [0.2, 0.25) is 0 Å². The maximum Gasteiger partial charge on any atom is 0.250 e. The first-order chi connectivity index (χ1) is 12.7. The smallest absolute Gasteiger partial charge is 0.250 e. The molecule has 2 fully saturated rings. The summed E-state index contributed by atoms with van der Waals surface area (Å²) in [6, 6.07) is 7.23. The Labute approximate surface area is 156 Å². The summed E-state index contributed by atoms with van der Waals surface area (Å²) in [4.78, 5) is 17.3. The lowest BCUT2D eigenvalue weighted by atomic mass is 10.1. The van der Waals surface area contributed by atoms with Crippen LogP contribution >= 0.6 is 0 Å². The van der Waals surface area contributed by atoms with Crippen molar-refractivity contribution >= 4 is 11.6 Å². The van der Waals surface area contributed by atoms with Gasteiger partial charge in [-0.2, -0.15) is 0 Å². The molecular weight excluding hydrogens is 326 g/mol. The summed E-state index contributed by atoms with van der Waals surface area (Å²) < 4.78 is 5.76. The van der Waals surface area contributed by atoms with Crippen LogP contribution in [0.3, 0.4) is 0 Å². The molecule has 1 aromatic rings. The topological polar surface area (TPSA) is 44.8 Å². The van der Waals surface area contributed by atoms with E-state index in [2.05, 4.69) is 40.2 Å². The van der Waals surface area contributed by atoms with Crippen LogP contribution in [0.15, 0.2) is 18.2 Å². The van der Waals surface area contributed by atoms with Crippen LogP contribution in [0.4, 0.5) is 5.69 Å². The number of morpholine rings is 1. The number of anilines is 1. The number of ether oxygens (including phenoxy) is 1. The maximum atomic E-state index is 12.5. The highest BCUT2D eigenvalue weighted by Crippen LogP contribution is 2.29. The molecule has 2 aliphatic heterocycles. The van der Waals surface area contributed by atoms with E-state index in [-0.39, 0.29) is 12.0 Å². The van der Waals surface area contributed by atoms with Crippen LogP contribution in [0, 0.1) is 0 Å². The summed E-state index contributed by atoms with van der Waals surface area (Å²) >= 11 is 0. The number of amides is 1. The van der Waals surface area contributed by atoms with Crippen molar-refractivity contribution in [1.82, 2.24) is 10.2 Å². The normalized spacial score (nSPS) is 24.0. The van der Waals surface area contributed by atoms with Gasteiger partial charge in [-0.05, 0) is 43.4 Å². The Hall–Kier alpha value is -1.59. The van der Waals surface area contributed by atoms with Gasteiger partial charge in [0, 0.05) is 44.5 Å². The van der Waals surface area contributed by atoms with E-state index in [0.29, 0.717) is 19.2 Å². The Morgan fingerprint density at radius 2 is 2.12 bits per heavy atom. The molecule has 26 heavy (non-hydrogen) atoms. The van der Waals surface area contributed by atoms with Gasteiger partial charge in [-0.1, -0.05) is 25.0 Å². The highest BCUT2D eigenvalue weighted by Gasteiger charge is 2.29. The zero-order valence-electron chi connectivity index (χ0n) is 15.9. The lowest BCUT2D eigenvalue weighted by molar-refractivity contribution is -0.139.